The number of aromatic nitrogens is 1. The van der Waals surface area contributed by atoms with Gasteiger partial charge in [-0.15, -0.1) is 0 Å². The Balaban J connectivity index is 2.20. The van der Waals surface area contributed by atoms with Crippen LogP contribution < -0.4 is 9.30 Å². The molecule has 0 aliphatic heterocycles. The van der Waals surface area contributed by atoms with Crippen molar-refractivity contribution in [3.8, 4) is 5.75 Å². The fourth-order valence-corrected chi connectivity index (χ4v) is 4.01. The molecule has 0 fully saturated rings. The first-order chi connectivity index (χ1) is 9.81. The van der Waals surface area contributed by atoms with Gasteiger partial charge in [-0.2, -0.15) is 13.0 Å². The van der Waals surface area contributed by atoms with E-state index in [0.717, 1.165) is 28.1 Å². The number of hydrogen-bond donors (Lipinski definition) is 1. The predicted octanol–water partition coefficient (Wildman–Crippen LogP) is 2.48. The van der Waals surface area contributed by atoms with Gasteiger partial charge in [0.1, 0.15) is 17.0 Å². The molecule has 1 heterocycles. The molecule has 0 amide bonds. The molecular weight excluding hydrogens is 310 g/mol. The molecule has 1 aromatic carbocycles. The van der Waals surface area contributed by atoms with Crippen LogP contribution in [0, 0.1) is 13.8 Å². The summed E-state index contributed by atoms with van der Waals surface area (Å²) in [4.78, 5) is 0. The molecule has 2 rings (SSSR count). The van der Waals surface area contributed by atoms with E-state index < -0.39 is 10.1 Å². The summed E-state index contributed by atoms with van der Waals surface area (Å²) in [7, 11) is -2.19. The number of ether oxygens (including phenoxy) is 1. The van der Waals surface area contributed by atoms with E-state index in [4.69, 9.17) is 9.29 Å². The maximum absolute atomic E-state index is 10.7. The van der Waals surface area contributed by atoms with E-state index in [1.54, 1.807) is 18.4 Å². The van der Waals surface area contributed by atoms with Crippen LogP contribution in [-0.4, -0.2) is 25.8 Å². The van der Waals surface area contributed by atoms with Crippen molar-refractivity contribution in [1.82, 2.24) is 0 Å². The van der Waals surface area contributed by atoms with Gasteiger partial charge in [-0.05, 0) is 18.9 Å². The van der Waals surface area contributed by atoms with Gasteiger partial charge >= 0.3 is 0 Å². The third-order valence-electron chi connectivity index (χ3n) is 3.44. The molecule has 0 spiro atoms. The lowest BCUT2D eigenvalue weighted by molar-refractivity contribution is -0.673. The fourth-order valence-electron chi connectivity index (χ4n) is 2.38. The molecule has 1 aromatic heterocycles. The summed E-state index contributed by atoms with van der Waals surface area (Å²) in [5.74, 6) is 0.698. The van der Waals surface area contributed by atoms with Crippen LogP contribution in [-0.2, 0) is 16.7 Å². The van der Waals surface area contributed by atoms with Gasteiger partial charge < -0.3 is 4.74 Å². The largest absolute Gasteiger partial charge is 0.496 e. The molecule has 0 unspecified atom stereocenters. The fraction of sp³-hybridized carbons (Fsp3) is 0.500. The summed E-state index contributed by atoms with van der Waals surface area (Å²) in [6, 6.07) is 4.14. The van der Waals surface area contributed by atoms with E-state index >= 15 is 0 Å². The minimum absolute atomic E-state index is 0.179. The second kappa shape index (κ2) is 6.29. The normalized spacial score (nSPS) is 12.0. The number of aryl methyl sites for hydroxylation is 3. The third kappa shape index (κ3) is 3.93. The minimum Gasteiger partial charge on any atom is -0.496 e. The smallest absolute Gasteiger partial charge is 0.264 e. The number of methoxy groups -OCH3 is 1. The molecule has 0 aliphatic carbocycles. The molecule has 2 aromatic rings. The van der Waals surface area contributed by atoms with Crippen molar-refractivity contribution in [1.29, 1.82) is 0 Å². The zero-order valence-corrected chi connectivity index (χ0v) is 14.1. The lowest BCUT2D eigenvalue weighted by atomic mass is 10.2. The van der Waals surface area contributed by atoms with Crippen molar-refractivity contribution in [3.63, 3.8) is 0 Å². The Bertz CT molecular complexity index is 750. The average molecular weight is 330 g/mol. The van der Waals surface area contributed by atoms with Crippen LogP contribution in [0.1, 0.15) is 23.4 Å². The van der Waals surface area contributed by atoms with Crippen molar-refractivity contribution in [3.05, 3.63) is 22.7 Å². The Kier molecular flexibility index (Phi) is 4.85. The third-order valence-corrected chi connectivity index (χ3v) is 5.31. The van der Waals surface area contributed by atoms with Crippen LogP contribution in [0.3, 0.4) is 0 Å². The summed E-state index contributed by atoms with van der Waals surface area (Å²) in [6.07, 6.45) is 1.17. The van der Waals surface area contributed by atoms with Gasteiger partial charge in [0.15, 0.2) is 0 Å². The molecule has 0 bridgehead atoms. The number of unbranched alkanes of at least 4 members (excludes halogenated alkanes) is 1. The first-order valence-electron chi connectivity index (χ1n) is 6.74. The highest BCUT2D eigenvalue weighted by atomic mass is 32.2. The van der Waals surface area contributed by atoms with Gasteiger partial charge in [-0.3, -0.25) is 4.55 Å². The van der Waals surface area contributed by atoms with Gasteiger partial charge in [0.2, 0.25) is 10.5 Å². The molecule has 5 nitrogen and oxygen atoms in total. The average Bonchev–Trinajstić information content (AvgIpc) is 2.68. The monoisotopic (exact) mass is 330 g/mol. The zero-order chi connectivity index (χ0) is 15.6. The molecule has 0 saturated carbocycles. The quantitative estimate of drug-likeness (QED) is 0.502. The molecular formula is C14H20NO4S2+. The number of nitrogens with zero attached hydrogens (tertiary/aromatic N) is 1. The molecule has 116 valence electrons. The lowest BCUT2D eigenvalue weighted by Crippen LogP contribution is -2.35. The number of benzene rings is 1. The summed E-state index contributed by atoms with van der Waals surface area (Å²) < 4.78 is 38.9. The Morgan fingerprint density at radius 1 is 1.29 bits per heavy atom. The highest BCUT2D eigenvalue weighted by Gasteiger charge is 2.19. The first-order valence-corrected chi connectivity index (χ1v) is 9.17. The van der Waals surface area contributed by atoms with Crippen molar-refractivity contribution in [2.45, 2.75) is 33.2 Å². The molecule has 0 saturated heterocycles. The van der Waals surface area contributed by atoms with E-state index in [2.05, 4.69) is 17.6 Å². The molecule has 0 radical (unpaired) electrons. The van der Waals surface area contributed by atoms with Crippen molar-refractivity contribution < 1.29 is 22.3 Å². The molecule has 0 aliphatic rings. The summed E-state index contributed by atoms with van der Waals surface area (Å²) in [5.41, 5.74) is 2.22. The van der Waals surface area contributed by atoms with Gasteiger partial charge in [0.05, 0.1) is 12.9 Å². The minimum atomic E-state index is -3.86. The zero-order valence-electron chi connectivity index (χ0n) is 12.4. The van der Waals surface area contributed by atoms with Gasteiger partial charge in [-0.25, -0.2) is 0 Å². The number of rotatable bonds is 6. The van der Waals surface area contributed by atoms with Gasteiger partial charge in [0.25, 0.3) is 10.1 Å². The van der Waals surface area contributed by atoms with Crippen molar-refractivity contribution >= 4 is 31.7 Å². The Labute approximate surface area is 128 Å². The standard InChI is InChI=1S/C14H19NO4S2/c1-10-8-12-14(9-13(10)19-3)20-11(2)15(12)6-4-5-7-21(16,17)18/h8-9H,4-7H2,1-3H3/p+1. The number of thiazole rings is 1. The Morgan fingerprint density at radius 3 is 2.62 bits per heavy atom. The van der Waals surface area contributed by atoms with E-state index in [9.17, 15) is 8.42 Å². The Hall–Kier alpha value is -1.18. The van der Waals surface area contributed by atoms with Crippen LogP contribution in [0.25, 0.3) is 10.2 Å². The SMILES string of the molecule is COc1cc2sc(C)[n+](CCCCS(=O)(=O)O)c2cc1C. The lowest BCUT2D eigenvalue weighted by Gasteiger charge is -2.03. The molecule has 7 heteroatoms. The molecule has 21 heavy (non-hydrogen) atoms. The highest BCUT2D eigenvalue weighted by Crippen LogP contribution is 2.28. The van der Waals surface area contributed by atoms with Crippen LogP contribution in [0.15, 0.2) is 12.1 Å². The summed E-state index contributed by atoms with van der Waals surface area (Å²) in [5, 5.41) is 1.17. The van der Waals surface area contributed by atoms with Gasteiger partial charge in [-0.1, -0.05) is 11.3 Å². The van der Waals surface area contributed by atoms with Crippen molar-refractivity contribution in [2.75, 3.05) is 12.9 Å². The van der Waals surface area contributed by atoms with E-state index in [1.807, 2.05) is 13.0 Å². The van der Waals surface area contributed by atoms with E-state index in [1.165, 1.54) is 5.01 Å². The summed E-state index contributed by atoms with van der Waals surface area (Å²) >= 11 is 1.70. The second-order valence-corrected chi connectivity index (χ2v) is 7.86. The second-order valence-electron chi connectivity index (χ2n) is 5.06. The topological polar surface area (TPSA) is 67.5 Å². The highest BCUT2D eigenvalue weighted by molar-refractivity contribution is 7.85. The molecule has 1 N–H and O–H groups in total. The van der Waals surface area contributed by atoms with E-state index in [0.29, 0.717) is 12.8 Å². The maximum atomic E-state index is 10.7. The van der Waals surface area contributed by atoms with Crippen LogP contribution in [0.2, 0.25) is 0 Å². The van der Waals surface area contributed by atoms with Crippen LogP contribution in [0.4, 0.5) is 0 Å². The summed E-state index contributed by atoms with van der Waals surface area (Å²) in [6.45, 7) is 4.80. The number of hydrogen-bond acceptors (Lipinski definition) is 4. The number of fused-ring (bicyclic) bond motifs is 1. The van der Waals surface area contributed by atoms with Crippen LogP contribution in [0.5, 0.6) is 5.75 Å². The molecule has 0 atom stereocenters. The van der Waals surface area contributed by atoms with Crippen molar-refractivity contribution in [2.24, 2.45) is 0 Å². The van der Waals surface area contributed by atoms with Gasteiger partial charge in [0, 0.05) is 25.5 Å². The predicted molar refractivity (Wildman–Crippen MR) is 83.7 cm³/mol. The first kappa shape index (κ1) is 16.2. The van der Waals surface area contributed by atoms with E-state index in [-0.39, 0.29) is 5.75 Å². The maximum Gasteiger partial charge on any atom is 0.264 e. The van der Waals surface area contributed by atoms with Crippen LogP contribution >= 0.6 is 11.3 Å². The Morgan fingerprint density at radius 2 is 2.00 bits per heavy atom.